The molecule has 2 aromatic rings. The van der Waals surface area contributed by atoms with Gasteiger partial charge in [0.1, 0.15) is 0 Å². The summed E-state index contributed by atoms with van der Waals surface area (Å²) in [6.45, 7) is 4.45. The fraction of sp³-hybridized carbons (Fsp3) is 0.368. The van der Waals surface area contributed by atoms with Crippen LogP contribution in [0, 0.1) is 0 Å². The largest absolute Gasteiger partial charge is 0.490 e. The Morgan fingerprint density at radius 2 is 1.85 bits per heavy atom. The second-order valence-electron chi connectivity index (χ2n) is 5.32. The highest BCUT2D eigenvalue weighted by atomic mass is 32.1. The molecule has 0 saturated heterocycles. The summed E-state index contributed by atoms with van der Waals surface area (Å²) in [5.41, 5.74) is 0.552. The minimum absolute atomic E-state index is 0.255. The third-order valence-electron chi connectivity index (χ3n) is 3.35. The fourth-order valence-electron chi connectivity index (χ4n) is 2.22. The summed E-state index contributed by atoms with van der Waals surface area (Å²) in [4.78, 5) is 24.8. The van der Waals surface area contributed by atoms with Gasteiger partial charge in [-0.2, -0.15) is 0 Å². The normalized spacial score (nSPS) is 10.2. The van der Waals surface area contributed by atoms with Gasteiger partial charge in [-0.15, -0.1) is 11.3 Å². The van der Waals surface area contributed by atoms with Gasteiger partial charge in [-0.3, -0.25) is 9.59 Å². The molecule has 0 aliphatic rings. The molecule has 1 amide bonds. The molecule has 1 aromatic heterocycles. The second-order valence-corrected chi connectivity index (χ2v) is 6.35. The number of anilines is 1. The van der Waals surface area contributed by atoms with Crippen LogP contribution in [0.3, 0.4) is 0 Å². The molecule has 7 heteroatoms. The van der Waals surface area contributed by atoms with E-state index in [1.165, 1.54) is 0 Å². The lowest BCUT2D eigenvalue weighted by Crippen LogP contribution is -2.21. The lowest BCUT2D eigenvalue weighted by atomic mass is 10.2. The number of hydrogen-bond acceptors (Lipinski definition) is 6. The zero-order valence-corrected chi connectivity index (χ0v) is 15.8. The van der Waals surface area contributed by atoms with Crippen LogP contribution in [0.15, 0.2) is 35.7 Å². The first-order chi connectivity index (χ1) is 12.6. The number of amides is 1. The lowest BCUT2D eigenvalue weighted by Gasteiger charge is -2.13. The summed E-state index contributed by atoms with van der Waals surface area (Å²) in [5.74, 6) is 0.378. The molecule has 26 heavy (non-hydrogen) atoms. The first-order valence-corrected chi connectivity index (χ1v) is 9.37. The molecule has 140 valence electrons. The van der Waals surface area contributed by atoms with Gasteiger partial charge in [-0.25, -0.2) is 0 Å². The number of hydrogen-bond donors (Lipinski definition) is 1. The Balaban J connectivity index is 1.81. The van der Waals surface area contributed by atoms with Crippen LogP contribution in [0.4, 0.5) is 5.69 Å². The van der Waals surface area contributed by atoms with Gasteiger partial charge >= 0.3 is 5.97 Å². The molecule has 0 radical (unpaired) electrons. The van der Waals surface area contributed by atoms with Gasteiger partial charge in [0.2, 0.25) is 0 Å². The summed E-state index contributed by atoms with van der Waals surface area (Å²) in [6.07, 6.45) is 0.875. The van der Waals surface area contributed by atoms with Crippen LogP contribution in [0.25, 0.3) is 0 Å². The van der Waals surface area contributed by atoms with Crippen LogP contribution < -0.4 is 14.8 Å². The van der Waals surface area contributed by atoms with Crippen molar-refractivity contribution >= 4 is 28.9 Å². The van der Waals surface area contributed by atoms with E-state index >= 15 is 0 Å². The maximum absolute atomic E-state index is 12.0. The summed E-state index contributed by atoms with van der Waals surface area (Å²) in [6, 6.07) is 9.03. The van der Waals surface area contributed by atoms with Crippen molar-refractivity contribution in [3.63, 3.8) is 0 Å². The topological polar surface area (TPSA) is 73.9 Å². The molecule has 0 saturated carbocycles. The van der Waals surface area contributed by atoms with E-state index in [1.807, 2.05) is 31.4 Å². The Bertz CT molecular complexity index is 715. The number of carbonyl (C=O) groups excluding carboxylic acids is 2. The minimum Gasteiger partial charge on any atom is -0.490 e. The predicted octanol–water partition coefficient (Wildman–Crippen LogP) is 3.66. The van der Waals surface area contributed by atoms with Crippen molar-refractivity contribution in [3.05, 3.63) is 40.6 Å². The minimum atomic E-state index is -0.402. The zero-order valence-electron chi connectivity index (χ0n) is 14.9. The van der Waals surface area contributed by atoms with Crippen LogP contribution >= 0.6 is 11.3 Å². The van der Waals surface area contributed by atoms with Gasteiger partial charge < -0.3 is 19.5 Å². The Morgan fingerprint density at radius 1 is 1.08 bits per heavy atom. The molecule has 1 heterocycles. The number of thiophene rings is 1. The second kappa shape index (κ2) is 10.5. The Morgan fingerprint density at radius 3 is 2.54 bits per heavy atom. The quantitative estimate of drug-likeness (QED) is 0.640. The highest BCUT2D eigenvalue weighted by Gasteiger charge is 2.11. The molecule has 2 rings (SSSR count). The predicted molar refractivity (Wildman–Crippen MR) is 101 cm³/mol. The standard InChI is InChI=1S/C19H23NO5S/c1-3-23-16-9-7-14(12-17(16)24-4-2)20-18(21)13-25-19(22)10-8-15-6-5-11-26-15/h5-7,9,11-12H,3-4,8,10,13H2,1-2H3,(H,20,21). The average Bonchev–Trinajstić information content (AvgIpc) is 3.14. The van der Waals surface area contributed by atoms with E-state index < -0.39 is 11.9 Å². The third kappa shape index (κ3) is 6.40. The van der Waals surface area contributed by atoms with E-state index in [1.54, 1.807) is 29.5 Å². The molecule has 6 nitrogen and oxygen atoms in total. The first kappa shape index (κ1) is 19.8. The summed E-state index contributed by atoms with van der Waals surface area (Å²) >= 11 is 1.59. The molecule has 0 unspecified atom stereocenters. The Hall–Kier alpha value is -2.54. The monoisotopic (exact) mass is 377 g/mol. The number of nitrogens with one attached hydrogen (secondary N) is 1. The molecule has 1 aromatic carbocycles. The van der Waals surface area contributed by atoms with Crippen molar-refractivity contribution < 1.29 is 23.8 Å². The fourth-order valence-corrected chi connectivity index (χ4v) is 2.93. The Labute approximate surface area is 157 Å². The third-order valence-corrected chi connectivity index (χ3v) is 4.28. The van der Waals surface area contributed by atoms with Gasteiger partial charge in [0, 0.05) is 16.6 Å². The maximum atomic E-state index is 12.0. The van der Waals surface area contributed by atoms with Gasteiger partial charge in [-0.1, -0.05) is 6.07 Å². The summed E-state index contributed by atoms with van der Waals surface area (Å²) in [5, 5.41) is 4.65. The molecule has 0 fully saturated rings. The highest BCUT2D eigenvalue weighted by molar-refractivity contribution is 7.09. The van der Waals surface area contributed by atoms with E-state index in [2.05, 4.69) is 5.32 Å². The van der Waals surface area contributed by atoms with E-state index in [-0.39, 0.29) is 13.0 Å². The molecule has 0 bridgehead atoms. The van der Waals surface area contributed by atoms with E-state index in [0.717, 1.165) is 4.88 Å². The van der Waals surface area contributed by atoms with Crippen LogP contribution in [-0.2, 0) is 20.7 Å². The van der Waals surface area contributed by atoms with Crippen molar-refractivity contribution in [2.45, 2.75) is 26.7 Å². The van der Waals surface area contributed by atoms with Gasteiger partial charge in [-0.05, 0) is 43.8 Å². The zero-order chi connectivity index (χ0) is 18.8. The highest BCUT2D eigenvalue weighted by Crippen LogP contribution is 2.30. The first-order valence-electron chi connectivity index (χ1n) is 8.49. The molecular weight excluding hydrogens is 354 g/mol. The number of aryl methyl sites for hydroxylation is 1. The summed E-state index contributed by atoms with van der Waals surface area (Å²) in [7, 11) is 0. The number of benzene rings is 1. The molecular formula is C19H23NO5S. The van der Waals surface area contributed by atoms with Crippen LogP contribution in [-0.4, -0.2) is 31.7 Å². The molecule has 0 aliphatic carbocycles. The summed E-state index contributed by atoms with van der Waals surface area (Å²) < 4.78 is 16.0. The lowest BCUT2D eigenvalue weighted by molar-refractivity contribution is -0.147. The molecule has 0 aliphatic heterocycles. The van der Waals surface area contributed by atoms with Crippen molar-refractivity contribution in [1.29, 1.82) is 0 Å². The molecule has 0 spiro atoms. The molecule has 0 atom stereocenters. The van der Waals surface area contributed by atoms with E-state index in [0.29, 0.717) is 36.8 Å². The van der Waals surface area contributed by atoms with Crippen LogP contribution in [0.1, 0.15) is 25.1 Å². The molecule has 1 N–H and O–H groups in total. The van der Waals surface area contributed by atoms with E-state index in [9.17, 15) is 9.59 Å². The van der Waals surface area contributed by atoms with Crippen LogP contribution in [0.2, 0.25) is 0 Å². The van der Waals surface area contributed by atoms with Crippen molar-refractivity contribution in [2.75, 3.05) is 25.1 Å². The van der Waals surface area contributed by atoms with Crippen LogP contribution in [0.5, 0.6) is 11.5 Å². The van der Waals surface area contributed by atoms with Gasteiger partial charge in [0.15, 0.2) is 18.1 Å². The smallest absolute Gasteiger partial charge is 0.306 e. The number of rotatable bonds is 10. The van der Waals surface area contributed by atoms with Crippen molar-refractivity contribution in [2.24, 2.45) is 0 Å². The number of esters is 1. The van der Waals surface area contributed by atoms with Gasteiger partial charge in [0.05, 0.1) is 19.6 Å². The van der Waals surface area contributed by atoms with Crippen molar-refractivity contribution in [1.82, 2.24) is 0 Å². The average molecular weight is 377 g/mol. The maximum Gasteiger partial charge on any atom is 0.306 e. The van der Waals surface area contributed by atoms with Gasteiger partial charge in [0.25, 0.3) is 5.91 Å². The van der Waals surface area contributed by atoms with E-state index in [4.69, 9.17) is 14.2 Å². The number of ether oxygens (including phenoxy) is 3. The van der Waals surface area contributed by atoms with Crippen molar-refractivity contribution in [3.8, 4) is 11.5 Å². The number of carbonyl (C=O) groups is 2. The SMILES string of the molecule is CCOc1ccc(NC(=O)COC(=O)CCc2cccs2)cc1OCC. The Kier molecular flexibility index (Phi) is 7.95.